The van der Waals surface area contributed by atoms with Crippen molar-refractivity contribution < 1.29 is 4.42 Å². The zero-order chi connectivity index (χ0) is 21.5. The van der Waals surface area contributed by atoms with Crippen LogP contribution >= 0.6 is 0 Å². The SMILES string of the molecule is Cc1cc(N2CCN(Cc3nc4c(oc5ccccc54)c(=O)[nH]3)CC2)nc(C(C)C)n1. The molecule has 0 spiro atoms. The molecule has 8 heteroatoms. The fraction of sp³-hybridized carbons (Fsp3) is 0.391. The molecule has 0 radical (unpaired) electrons. The first-order valence-electron chi connectivity index (χ1n) is 10.7. The number of anilines is 1. The molecule has 1 N–H and O–H groups in total. The molecule has 0 unspecified atom stereocenters. The van der Waals surface area contributed by atoms with Crippen LogP contribution in [0.2, 0.25) is 0 Å². The molecule has 4 heterocycles. The zero-order valence-corrected chi connectivity index (χ0v) is 18.1. The third-order valence-corrected chi connectivity index (χ3v) is 5.72. The Morgan fingerprint density at radius 1 is 1.10 bits per heavy atom. The molecule has 1 fully saturated rings. The number of hydrogen-bond acceptors (Lipinski definition) is 7. The minimum Gasteiger partial charge on any atom is -0.449 e. The van der Waals surface area contributed by atoms with Gasteiger partial charge in [-0.15, -0.1) is 0 Å². The van der Waals surface area contributed by atoms with Gasteiger partial charge in [-0.1, -0.05) is 26.0 Å². The number of piperazine rings is 1. The number of furan rings is 1. The van der Waals surface area contributed by atoms with Gasteiger partial charge in [0.2, 0.25) is 5.58 Å². The van der Waals surface area contributed by atoms with E-state index in [1.165, 1.54) is 0 Å². The summed E-state index contributed by atoms with van der Waals surface area (Å²) >= 11 is 0. The predicted molar refractivity (Wildman–Crippen MR) is 120 cm³/mol. The Labute approximate surface area is 179 Å². The molecule has 1 aliphatic heterocycles. The first-order chi connectivity index (χ1) is 15.0. The Hall–Kier alpha value is -3.26. The van der Waals surface area contributed by atoms with Crippen LogP contribution in [0.1, 0.15) is 37.1 Å². The number of nitrogens with zero attached hydrogens (tertiary/aromatic N) is 5. The lowest BCUT2D eigenvalue weighted by Gasteiger charge is -2.35. The maximum Gasteiger partial charge on any atom is 0.294 e. The van der Waals surface area contributed by atoms with Crippen molar-refractivity contribution in [1.29, 1.82) is 0 Å². The molecule has 160 valence electrons. The lowest BCUT2D eigenvalue weighted by Crippen LogP contribution is -2.46. The second-order valence-corrected chi connectivity index (χ2v) is 8.43. The molecule has 1 aliphatic rings. The van der Waals surface area contributed by atoms with Crippen LogP contribution < -0.4 is 10.5 Å². The summed E-state index contributed by atoms with van der Waals surface area (Å²) in [5.74, 6) is 2.85. The second kappa shape index (κ2) is 7.77. The molecule has 1 saturated heterocycles. The van der Waals surface area contributed by atoms with Crippen LogP contribution in [0.4, 0.5) is 5.82 Å². The van der Waals surface area contributed by atoms with E-state index in [0.717, 1.165) is 48.9 Å². The quantitative estimate of drug-likeness (QED) is 0.544. The number of rotatable bonds is 4. The van der Waals surface area contributed by atoms with Gasteiger partial charge >= 0.3 is 0 Å². The standard InChI is InChI=1S/C23H26N6O2/c1-14(2)22-24-15(3)12-19(27-22)29-10-8-28(9-11-29)13-18-25-20-16-6-4-5-7-17(16)31-21(20)23(30)26-18/h4-7,12,14H,8-11,13H2,1-3H3,(H,25,26,30). The topological polar surface area (TPSA) is 91.2 Å². The Balaban J connectivity index is 1.32. The van der Waals surface area contributed by atoms with Crippen molar-refractivity contribution in [2.75, 3.05) is 31.1 Å². The Morgan fingerprint density at radius 2 is 1.87 bits per heavy atom. The Bertz CT molecular complexity index is 1300. The molecule has 4 aromatic rings. The number of nitrogens with one attached hydrogen (secondary N) is 1. The van der Waals surface area contributed by atoms with E-state index < -0.39 is 0 Å². The summed E-state index contributed by atoms with van der Waals surface area (Å²) in [6.07, 6.45) is 0. The molecule has 31 heavy (non-hydrogen) atoms. The summed E-state index contributed by atoms with van der Waals surface area (Å²) in [7, 11) is 0. The highest BCUT2D eigenvalue weighted by Crippen LogP contribution is 2.25. The number of aromatic nitrogens is 4. The number of para-hydroxylation sites is 1. The van der Waals surface area contributed by atoms with Crippen molar-refractivity contribution in [1.82, 2.24) is 24.8 Å². The molecule has 0 bridgehead atoms. The molecule has 8 nitrogen and oxygen atoms in total. The van der Waals surface area contributed by atoms with Crippen molar-refractivity contribution in [2.24, 2.45) is 0 Å². The van der Waals surface area contributed by atoms with Gasteiger partial charge in [-0.3, -0.25) is 9.69 Å². The van der Waals surface area contributed by atoms with Crippen LogP contribution in [0.25, 0.3) is 22.1 Å². The Kier molecular flexibility index (Phi) is 4.94. The lowest BCUT2D eigenvalue weighted by atomic mass is 10.2. The second-order valence-electron chi connectivity index (χ2n) is 8.43. The van der Waals surface area contributed by atoms with Crippen molar-refractivity contribution in [3.05, 3.63) is 58.0 Å². The number of H-pyrrole nitrogens is 1. The summed E-state index contributed by atoms with van der Waals surface area (Å²) in [5, 5.41) is 0.870. The van der Waals surface area contributed by atoms with Crippen molar-refractivity contribution in [3.8, 4) is 0 Å². The number of aryl methyl sites for hydroxylation is 1. The fourth-order valence-corrected chi connectivity index (χ4v) is 4.06. The van der Waals surface area contributed by atoms with Gasteiger partial charge < -0.3 is 14.3 Å². The molecular weight excluding hydrogens is 392 g/mol. The van der Waals surface area contributed by atoms with Crippen LogP contribution in [-0.4, -0.2) is 51.0 Å². The Morgan fingerprint density at radius 3 is 2.65 bits per heavy atom. The largest absolute Gasteiger partial charge is 0.449 e. The van der Waals surface area contributed by atoms with Crippen LogP contribution in [0, 0.1) is 6.92 Å². The van der Waals surface area contributed by atoms with Crippen molar-refractivity contribution in [2.45, 2.75) is 33.2 Å². The molecular formula is C23H26N6O2. The van der Waals surface area contributed by atoms with Gasteiger partial charge in [-0.05, 0) is 19.1 Å². The molecule has 0 atom stereocenters. The predicted octanol–water partition coefficient (Wildman–Crippen LogP) is 3.21. The van der Waals surface area contributed by atoms with Gasteiger partial charge in [0, 0.05) is 49.2 Å². The van der Waals surface area contributed by atoms with Gasteiger partial charge in [0.1, 0.15) is 28.6 Å². The highest BCUT2D eigenvalue weighted by molar-refractivity contribution is 6.01. The van der Waals surface area contributed by atoms with E-state index in [0.29, 0.717) is 29.4 Å². The maximum absolute atomic E-state index is 12.5. The summed E-state index contributed by atoms with van der Waals surface area (Å²) < 4.78 is 5.69. The van der Waals surface area contributed by atoms with Crippen LogP contribution in [0.5, 0.6) is 0 Å². The zero-order valence-electron chi connectivity index (χ0n) is 18.1. The fourth-order valence-electron chi connectivity index (χ4n) is 4.06. The van der Waals surface area contributed by atoms with E-state index in [9.17, 15) is 4.79 Å². The molecule has 3 aromatic heterocycles. The van der Waals surface area contributed by atoms with E-state index in [2.05, 4.69) is 39.7 Å². The third-order valence-electron chi connectivity index (χ3n) is 5.72. The van der Waals surface area contributed by atoms with Crippen molar-refractivity contribution >= 4 is 27.9 Å². The minimum atomic E-state index is -0.229. The van der Waals surface area contributed by atoms with Gasteiger partial charge in [0.15, 0.2) is 0 Å². The highest BCUT2D eigenvalue weighted by atomic mass is 16.3. The van der Waals surface area contributed by atoms with E-state index in [-0.39, 0.29) is 11.1 Å². The summed E-state index contributed by atoms with van der Waals surface area (Å²) in [5.41, 5.74) is 2.37. The van der Waals surface area contributed by atoms with Gasteiger partial charge in [-0.25, -0.2) is 15.0 Å². The smallest absolute Gasteiger partial charge is 0.294 e. The lowest BCUT2D eigenvalue weighted by molar-refractivity contribution is 0.243. The number of hydrogen-bond donors (Lipinski definition) is 1. The number of benzene rings is 1. The first kappa shape index (κ1) is 19.7. The first-order valence-corrected chi connectivity index (χ1v) is 10.7. The number of fused-ring (bicyclic) bond motifs is 3. The minimum absolute atomic E-state index is 0.229. The van der Waals surface area contributed by atoms with Crippen molar-refractivity contribution in [3.63, 3.8) is 0 Å². The third kappa shape index (κ3) is 3.79. The molecule has 5 rings (SSSR count). The summed E-state index contributed by atoms with van der Waals surface area (Å²) in [6, 6.07) is 9.67. The van der Waals surface area contributed by atoms with Gasteiger partial charge in [-0.2, -0.15) is 0 Å². The van der Waals surface area contributed by atoms with Gasteiger partial charge in [0.25, 0.3) is 5.56 Å². The van der Waals surface area contributed by atoms with Crippen LogP contribution in [0.3, 0.4) is 0 Å². The maximum atomic E-state index is 12.5. The van der Waals surface area contributed by atoms with Crippen LogP contribution in [0.15, 0.2) is 39.5 Å². The highest BCUT2D eigenvalue weighted by Gasteiger charge is 2.21. The van der Waals surface area contributed by atoms with E-state index in [1.54, 1.807) is 0 Å². The average Bonchev–Trinajstić information content (AvgIpc) is 3.13. The molecule has 0 amide bonds. The number of aromatic amines is 1. The normalized spacial score (nSPS) is 15.4. The van der Waals surface area contributed by atoms with E-state index >= 15 is 0 Å². The summed E-state index contributed by atoms with van der Waals surface area (Å²) in [4.78, 5) is 34.1. The average molecular weight is 419 g/mol. The van der Waals surface area contributed by atoms with E-state index in [4.69, 9.17) is 14.4 Å². The molecule has 0 aliphatic carbocycles. The molecule has 1 aromatic carbocycles. The van der Waals surface area contributed by atoms with E-state index in [1.807, 2.05) is 31.2 Å². The van der Waals surface area contributed by atoms with Gasteiger partial charge in [0.05, 0.1) is 6.54 Å². The monoisotopic (exact) mass is 418 g/mol. The summed E-state index contributed by atoms with van der Waals surface area (Å²) in [6.45, 7) is 10.3. The molecule has 0 saturated carbocycles. The van der Waals surface area contributed by atoms with Crippen LogP contribution in [-0.2, 0) is 6.54 Å².